The van der Waals surface area contributed by atoms with Crippen LogP contribution in [-0.2, 0) is 0 Å². The van der Waals surface area contributed by atoms with Crippen molar-refractivity contribution in [3.8, 4) is 22.8 Å². The van der Waals surface area contributed by atoms with Gasteiger partial charge in [0.05, 0.1) is 22.1 Å². The molecule has 0 bridgehead atoms. The van der Waals surface area contributed by atoms with E-state index < -0.39 is 0 Å². The van der Waals surface area contributed by atoms with E-state index >= 15 is 0 Å². The molecule has 0 aliphatic rings. The fraction of sp³-hybridized carbons (Fsp3) is 0. The predicted molar refractivity (Wildman–Crippen MR) is 199 cm³/mol. The number of fused-ring (bicyclic) bond motifs is 13. The van der Waals surface area contributed by atoms with Crippen LogP contribution in [0.1, 0.15) is 0 Å². The highest BCUT2D eigenvalue weighted by molar-refractivity contribution is 6.36. The van der Waals surface area contributed by atoms with Gasteiger partial charge in [0.15, 0.2) is 0 Å². The summed E-state index contributed by atoms with van der Waals surface area (Å²) in [6.07, 6.45) is 3.13. The Hall–Kier alpha value is -6.79. The maximum atomic E-state index is 6.40. The van der Waals surface area contributed by atoms with E-state index in [-0.39, 0.29) is 0 Å². The summed E-state index contributed by atoms with van der Waals surface area (Å²) in [6, 6.07) is 49.5. The fourth-order valence-electron chi connectivity index (χ4n) is 7.98. The van der Waals surface area contributed by atoms with Crippen LogP contribution in [0.3, 0.4) is 0 Å². The van der Waals surface area contributed by atoms with Gasteiger partial charge < -0.3 is 8.98 Å². The normalized spacial score (nSPS) is 12.1. The van der Waals surface area contributed by atoms with Crippen molar-refractivity contribution >= 4 is 76.3 Å². The zero-order valence-electron chi connectivity index (χ0n) is 26.1. The van der Waals surface area contributed by atoms with E-state index in [4.69, 9.17) is 4.42 Å². The number of aromatic nitrogens is 5. The summed E-state index contributed by atoms with van der Waals surface area (Å²) in [5.74, 6) is 0.587. The number of hydrogen-bond donors (Lipinski definition) is 0. The Morgan fingerprint density at radius 3 is 1.69 bits per heavy atom. The average Bonchev–Trinajstić information content (AvgIpc) is 3.84. The maximum absolute atomic E-state index is 6.40. The van der Waals surface area contributed by atoms with E-state index in [9.17, 15) is 0 Å². The third-order valence-corrected chi connectivity index (χ3v) is 9.96. The molecule has 0 radical (unpaired) electrons. The van der Waals surface area contributed by atoms with Gasteiger partial charge in [0, 0.05) is 43.6 Å². The molecule has 6 nitrogen and oxygen atoms in total. The molecule has 11 rings (SSSR count). The summed E-state index contributed by atoms with van der Waals surface area (Å²) in [5, 5.41) is 9.40. The van der Waals surface area contributed by atoms with E-state index in [0.717, 1.165) is 66.2 Å². The third-order valence-electron chi connectivity index (χ3n) is 9.96. The van der Waals surface area contributed by atoms with Crippen LogP contribution in [0.5, 0.6) is 0 Å². The number of nitrogens with zero attached hydrogens (tertiary/aromatic N) is 5. The molecular weight excluding hydrogens is 603 g/mol. The lowest BCUT2D eigenvalue weighted by molar-refractivity contribution is 0.670. The first-order valence-corrected chi connectivity index (χ1v) is 16.4. The first-order chi connectivity index (χ1) is 24.3. The third kappa shape index (κ3) is 3.57. The van der Waals surface area contributed by atoms with E-state index in [1.807, 2.05) is 12.1 Å². The maximum Gasteiger partial charge on any atom is 0.237 e. The van der Waals surface area contributed by atoms with E-state index in [1.165, 1.54) is 26.9 Å². The Bertz CT molecular complexity index is 3100. The zero-order valence-corrected chi connectivity index (χ0v) is 26.1. The highest BCUT2D eigenvalue weighted by Crippen LogP contribution is 2.46. The molecule has 49 heavy (non-hydrogen) atoms. The topological polar surface area (TPSA) is 61.7 Å². The summed E-state index contributed by atoms with van der Waals surface area (Å²) >= 11 is 0. The van der Waals surface area contributed by atoms with Gasteiger partial charge in [-0.3, -0.25) is 4.57 Å². The molecule has 0 aliphatic carbocycles. The molecule has 228 valence electrons. The van der Waals surface area contributed by atoms with Crippen LogP contribution in [0.25, 0.3) is 99.1 Å². The van der Waals surface area contributed by atoms with Crippen molar-refractivity contribution in [1.82, 2.24) is 24.1 Å². The fourth-order valence-corrected chi connectivity index (χ4v) is 7.98. The van der Waals surface area contributed by atoms with E-state index in [1.54, 1.807) is 12.7 Å². The van der Waals surface area contributed by atoms with Crippen LogP contribution < -0.4 is 0 Å². The molecule has 0 amide bonds. The predicted octanol–water partition coefficient (Wildman–Crippen LogP) is 10.8. The average molecular weight is 628 g/mol. The van der Waals surface area contributed by atoms with Crippen molar-refractivity contribution in [2.45, 2.75) is 0 Å². The second kappa shape index (κ2) is 9.86. The summed E-state index contributed by atoms with van der Waals surface area (Å²) in [4.78, 5) is 13.5. The number of para-hydroxylation sites is 4. The van der Waals surface area contributed by atoms with E-state index in [0.29, 0.717) is 5.95 Å². The summed E-state index contributed by atoms with van der Waals surface area (Å²) in [6.45, 7) is 0. The zero-order chi connectivity index (χ0) is 32.1. The Morgan fingerprint density at radius 2 is 1.00 bits per heavy atom. The van der Waals surface area contributed by atoms with Gasteiger partial charge in [-0.05, 0) is 46.7 Å². The van der Waals surface area contributed by atoms with Crippen molar-refractivity contribution in [3.63, 3.8) is 0 Å². The highest BCUT2D eigenvalue weighted by Gasteiger charge is 2.25. The minimum absolute atomic E-state index is 0.587. The lowest BCUT2D eigenvalue weighted by atomic mass is 9.98. The quantitative estimate of drug-likeness (QED) is 0.196. The van der Waals surface area contributed by atoms with E-state index in [2.05, 4.69) is 151 Å². The SMILES string of the molecule is c1ccc2c(c1)oc1c(-c3ccc(-n4c5ccccc5c5c6ccccc6c6c7ccccc7n(-c7ncncn7)c6c54)cc3)cccc12. The highest BCUT2D eigenvalue weighted by atomic mass is 16.3. The molecule has 0 saturated heterocycles. The molecule has 4 heterocycles. The van der Waals surface area contributed by atoms with Crippen molar-refractivity contribution in [1.29, 1.82) is 0 Å². The van der Waals surface area contributed by atoms with Gasteiger partial charge in [-0.2, -0.15) is 0 Å². The Kier molecular flexibility index (Phi) is 5.29. The molecule has 6 heteroatoms. The monoisotopic (exact) mass is 627 g/mol. The Labute approximate surface area is 279 Å². The summed E-state index contributed by atoms with van der Waals surface area (Å²) < 4.78 is 11.0. The molecule has 4 aromatic heterocycles. The second-order valence-electron chi connectivity index (χ2n) is 12.5. The van der Waals surface area contributed by atoms with Crippen molar-refractivity contribution < 1.29 is 4.42 Å². The molecule has 0 fully saturated rings. The minimum Gasteiger partial charge on any atom is -0.455 e. The molecule has 0 N–H and O–H groups in total. The molecule has 0 unspecified atom stereocenters. The molecular formula is C43H25N5O. The van der Waals surface area contributed by atoms with Gasteiger partial charge in [0.25, 0.3) is 0 Å². The summed E-state index contributed by atoms with van der Waals surface area (Å²) in [5.41, 5.74) is 9.40. The van der Waals surface area contributed by atoms with Gasteiger partial charge in [0.2, 0.25) is 5.95 Å². The van der Waals surface area contributed by atoms with Gasteiger partial charge >= 0.3 is 0 Å². The van der Waals surface area contributed by atoms with Gasteiger partial charge in [-0.1, -0.05) is 109 Å². The van der Waals surface area contributed by atoms with Crippen LogP contribution in [0.2, 0.25) is 0 Å². The first-order valence-electron chi connectivity index (χ1n) is 16.4. The molecule has 7 aromatic carbocycles. The Morgan fingerprint density at radius 1 is 0.449 bits per heavy atom. The molecule has 0 saturated carbocycles. The van der Waals surface area contributed by atoms with Gasteiger partial charge in [-0.25, -0.2) is 15.0 Å². The van der Waals surface area contributed by atoms with Crippen molar-refractivity contribution in [2.75, 3.05) is 0 Å². The molecule has 0 aliphatic heterocycles. The number of rotatable bonds is 3. The Balaban J connectivity index is 1.27. The summed E-state index contributed by atoms with van der Waals surface area (Å²) in [7, 11) is 0. The largest absolute Gasteiger partial charge is 0.455 e. The first kappa shape index (κ1) is 26.3. The molecule has 11 aromatic rings. The molecule has 0 atom stereocenters. The number of furan rings is 1. The lowest BCUT2D eigenvalue weighted by Crippen LogP contribution is -2.03. The van der Waals surface area contributed by atoms with Crippen LogP contribution >= 0.6 is 0 Å². The van der Waals surface area contributed by atoms with Gasteiger partial charge in [-0.15, -0.1) is 0 Å². The standard InChI is InChI=1S/C43H25N5O/c1-2-12-31-30(11-1)38-33-13-3-6-17-35(33)47(40(38)41-39(31)34-14-4-7-18-36(34)48(41)43-45-24-44-25-46-43)27-22-20-26(21-23-27)28-15-9-16-32-29-10-5-8-19-37(29)49-42(28)32/h1-25H. The van der Waals surface area contributed by atoms with Gasteiger partial charge in [0.1, 0.15) is 23.8 Å². The van der Waals surface area contributed by atoms with Crippen LogP contribution in [0.15, 0.2) is 157 Å². The van der Waals surface area contributed by atoms with Crippen molar-refractivity contribution in [3.05, 3.63) is 152 Å². The van der Waals surface area contributed by atoms with Crippen LogP contribution in [0.4, 0.5) is 0 Å². The molecule has 0 spiro atoms. The smallest absolute Gasteiger partial charge is 0.237 e. The lowest BCUT2D eigenvalue weighted by Gasteiger charge is -2.13. The number of hydrogen-bond acceptors (Lipinski definition) is 4. The second-order valence-corrected chi connectivity index (χ2v) is 12.5. The van der Waals surface area contributed by atoms with Crippen LogP contribution in [0, 0.1) is 0 Å². The van der Waals surface area contributed by atoms with Crippen LogP contribution in [-0.4, -0.2) is 24.1 Å². The number of benzene rings is 7. The van der Waals surface area contributed by atoms with Crippen molar-refractivity contribution in [2.24, 2.45) is 0 Å². The minimum atomic E-state index is 0.587.